The maximum absolute atomic E-state index is 15.1. The Labute approximate surface area is 211 Å². The number of ether oxygens (including phenoxy) is 1. The highest BCUT2D eigenvalue weighted by Gasteiger charge is 2.25. The van der Waals surface area contributed by atoms with E-state index >= 15 is 4.39 Å². The molecule has 2 aromatic carbocycles. The summed E-state index contributed by atoms with van der Waals surface area (Å²) in [6.45, 7) is 4.49. The van der Waals surface area contributed by atoms with Crippen LogP contribution in [-0.2, 0) is 4.74 Å². The van der Waals surface area contributed by atoms with Crippen LogP contribution in [0, 0.1) is 17.7 Å². The van der Waals surface area contributed by atoms with Crippen molar-refractivity contribution in [1.29, 1.82) is 0 Å². The molecule has 2 fully saturated rings. The van der Waals surface area contributed by atoms with Crippen LogP contribution in [0.25, 0.3) is 11.1 Å². The maximum atomic E-state index is 15.1. The monoisotopic (exact) mass is 478 g/mol. The molecule has 35 heavy (non-hydrogen) atoms. The molecule has 0 radical (unpaired) electrons. The predicted octanol–water partition coefficient (Wildman–Crippen LogP) is 9.47. The van der Waals surface area contributed by atoms with Crippen LogP contribution in [0.1, 0.15) is 119 Å². The molecule has 0 heterocycles. The molecule has 4 rings (SSSR count). The van der Waals surface area contributed by atoms with E-state index in [2.05, 4.69) is 19.9 Å². The fourth-order valence-electron chi connectivity index (χ4n) is 6.25. The molecular formula is C32H43FO2. The summed E-state index contributed by atoms with van der Waals surface area (Å²) in [7, 11) is 0. The summed E-state index contributed by atoms with van der Waals surface area (Å²) < 4.78 is 20.9. The van der Waals surface area contributed by atoms with Gasteiger partial charge in [0, 0.05) is 5.56 Å². The van der Waals surface area contributed by atoms with Crippen molar-refractivity contribution in [1.82, 2.24) is 0 Å². The smallest absolute Gasteiger partial charge is 0.338 e. The lowest BCUT2D eigenvalue weighted by Crippen LogP contribution is -2.24. The van der Waals surface area contributed by atoms with E-state index in [1.807, 2.05) is 18.2 Å². The van der Waals surface area contributed by atoms with Crippen LogP contribution in [0.4, 0.5) is 4.39 Å². The molecule has 0 spiro atoms. The van der Waals surface area contributed by atoms with Crippen LogP contribution in [0.15, 0.2) is 42.5 Å². The number of carbonyl (C=O) groups excluding carboxylic acids is 1. The van der Waals surface area contributed by atoms with Crippen molar-refractivity contribution in [2.75, 3.05) is 0 Å². The minimum absolute atomic E-state index is 0.0296. The highest BCUT2D eigenvalue weighted by molar-refractivity contribution is 5.90. The Balaban J connectivity index is 1.32. The topological polar surface area (TPSA) is 26.3 Å². The summed E-state index contributed by atoms with van der Waals surface area (Å²) in [6.07, 6.45) is 15.6. The Morgan fingerprint density at radius 1 is 0.829 bits per heavy atom. The van der Waals surface area contributed by atoms with Gasteiger partial charge in [0.05, 0.1) is 5.56 Å². The van der Waals surface area contributed by atoms with Crippen molar-refractivity contribution in [3.05, 3.63) is 59.4 Å². The van der Waals surface area contributed by atoms with Gasteiger partial charge < -0.3 is 4.74 Å². The molecule has 0 amide bonds. The van der Waals surface area contributed by atoms with E-state index in [9.17, 15) is 4.79 Å². The number of unbranched alkanes of at least 4 members (excludes halogenated alkanes) is 1. The second kappa shape index (κ2) is 12.7. The number of hydrogen-bond donors (Lipinski definition) is 0. The molecule has 3 heteroatoms. The summed E-state index contributed by atoms with van der Waals surface area (Å²) in [5.74, 6) is 1.69. The third kappa shape index (κ3) is 6.96. The highest BCUT2D eigenvalue weighted by Crippen LogP contribution is 2.39. The first-order valence-electron chi connectivity index (χ1n) is 14.2. The largest absolute Gasteiger partial charge is 0.459 e. The van der Waals surface area contributed by atoms with Gasteiger partial charge in [0.1, 0.15) is 11.9 Å². The Kier molecular flexibility index (Phi) is 9.40. The van der Waals surface area contributed by atoms with E-state index in [4.69, 9.17) is 4.74 Å². The van der Waals surface area contributed by atoms with Gasteiger partial charge in [-0.25, -0.2) is 9.18 Å². The standard InChI is InChI=1S/C32H43FO2/c1-3-5-7-24-8-12-25(13-9-24)28-18-21-30(31(33)22-28)26-14-16-27(17-15-26)32(34)35-29-19-10-23(6-4-2)11-20-29/h14-18,21-25,29H,3-13,19-20H2,1-2H3. The van der Waals surface area contributed by atoms with Gasteiger partial charge in [-0.1, -0.05) is 70.2 Å². The summed E-state index contributed by atoms with van der Waals surface area (Å²) >= 11 is 0. The van der Waals surface area contributed by atoms with Gasteiger partial charge in [-0.2, -0.15) is 0 Å². The molecule has 0 saturated heterocycles. The number of carbonyl (C=O) groups is 1. The van der Waals surface area contributed by atoms with Gasteiger partial charge in [-0.15, -0.1) is 0 Å². The molecule has 0 unspecified atom stereocenters. The van der Waals surface area contributed by atoms with Gasteiger partial charge in [-0.3, -0.25) is 0 Å². The van der Waals surface area contributed by atoms with Gasteiger partial charge in [0.15, 0.2) is 0 Å². The van der Waals surface area contributed by atoms with E-state index in [1.165, 1.54) is 57.8 Å². The predicted molar refractivity (Wildman–Crippen MR) is 142 cm³/mol. The Hall–Kier alpha value is -2.16. The molecule has 0 atom stereocenters. The van der Waals surface area contributed by atoms with Gasteiger partial charge >= 0.3 is 5.97 Å². The number of benzene rings is 2. The molecule has 0 N–H and O–H groups in total. The quantitative estimate of drug-likeness (QED) is 0.335. The van der Waals surface area contributed by atoms with Crippen LogP contribution in [0.2, 0.25) is 0 Å². The van der Waals surface area contributed by atoms with Gasteiger partial charge in [0.25, 0.3) is 0 Å². The molecule has 0 bridgehead atoms. The Morgan fingerprint density at radius 2 is 1.49 bits per heavy atom. The molecular weight excluding hydrogens is 435 g/mol. The van der Waals surface area contributed by atoms with E-state index in [-0.39, 0.29) is 17.9 Å². The minimum Gasteiger partial charge on any atom is -0.459 e. The number of halogens is 1. The van der Waals surface area contributed by atoms with Crippen LogP contribution >= 0.6 is 0 Å². The fraction of sp³-hybridized carbons (Fsp3) is 0.594. The maximum Gasteiger partial charge on any atom is 0.338 e. The average molecular weight is 479 g/mol. The summed E-state index contributed by atoms with van der Waals surface area (Å²) in [5, 5.41) is 0. The Bertz CT molecular complexity index is 935. The van der Waals surface area contributed by atoms with E-state index in [0.29, 0.717) is 17.0 Å². The zero-order valence-electron chi connectivity index (χ0n) is 21.7. The van der Waals surface area contributed by atoms with Crippen molar-refractivity contribution in [2.45, 2.75) is 109 Å². The van der Waals surface area contributed by atoms with Crippen LogP contribution < -0.4 is 0 Å². The molecule has 0 aromatic heterocycles. The summed E-state index contributed by atoms with van der Waals surface area (Å²) in [6, 6.07) is 13.0. The van der Waals surface area contributed by atoms with E-state index in [0.717, 1.165) is 48.6 Å². The normalized spacial score (nSPS) is 24.8. The third-order valence-electron chi connectivity index (χ3n) is 8.47. The Morgan fingerprint density at radius 3 is 2.11 bits per heavy atom. The van der Waals surface area contributed by atoms with Crippen molar-refractivity contribution in [2.24, 2.45) is 11.8 Å². The lowest BCUT2D eigenvalue weighted by atomic mass is 9.77. The number of rotatable bonds is 9. The first-order valence-corrected chi connectivity index (χ1v) is 14.2. The number of hydrogen-bond acceptors (Lipinski definition) is 2. The van der Waals surface area contributed by atoms with Crippen LogP contribution in [0.5, 0.6) is 0 Å². The molecule has 2 aromatic rings. The molecule has 190 valence electrons. The lowest BCUT2D eigenvalue weighted by Gasteiger charge is -2.29. The van der Waals surface area contributed by atoms with Crippen LogP contribution in [-0.4, -0.2) is 12.1 Å². The average Bonchev–Trinajstić information content (AvgIpc) is 2.89. The van der Waals surface area contributed by atoms with Crippen LogP contribution in [0.3, 0.4) is 0 Å². The molecule has 2 aliphatic rings. The van der Waals surface area contributed by atoms with E-state index < -0.39 is 0 Å². The summed E-state index contributed by atoms with van der Waals surface area (Å²) in [5.41, 5.74) is 3.07. The fourth-order valence-corrected chi connectivity index (χ4v) is 6.25. The molecule has 2 saturated carbocycles. The first kappa shape index (κ1) is 25.9. The van der Waals surface area contributed by atoms with Crippen molar-refractivity contribution < 1.29 is 13.9 Å². The molecule has 0 aliphatic heterocycles. The third-order valence-corrected chi connectivity index (χ3v) is 8.47. The second-order valence-corrected chi connectivity index (χ2v) is 11.0. The van der Waals surface area contributed by atoms with Crippen molar-refractivity contribution in [3.63, 3.8) is 0 Å². The zero-order chi connectivity index (χ0) is 24.6. The second-order valence-electron chi connectivity index (χ2n) is 11.0. The van der Waals surface area contributed by atoms with Crippen molar-refractivity contribution in [3.8, 4) is 11.1 Å². The van der Waals surface area contributed by atoms with Gasteiger partial charge in [0.2, 0.25) is 0 Å². The SMILES string of the molecule is CCCCC1CCC(c2ccc(-c3ccc(C(=O)OC4CCC(CCC)CC4)cc3)c(F)c2)CC1. The minimum atomic E-state index is -0.263. The molecule has 2 aliphatic carbocycles. The number of esters is 1. The van der Waals surface area contributed by atoms with Crippen molar-refractivity contribution >= 4 is 5.97 Å². The highest BCUT2D eigenvalue weighted by atomic mass is 19.1. The van der Waals surface area contributed by atoms with Gasteiger partial charge in [-0.05, 0) is 98.4 Å². The summed E-state index contributed by atoms with van der Waals surface area (Å²) in [4.78, 5) is 12.6. The zero-order valence-corrected chi connectivity index (χ0v) is 21.7. The first-order chi connectivity index (χ1) is 17.1. The lowest BCUT2D eigenvalue weighted by molar-refractivity contribution is 0.0161. The molecule has 2 nitrogen and oxygen atoms in total. The van der Waals surface area contributed by atoms with E-state index in [1.54, 1.807) is 18.2 Å².